The molecule has 1 unspecified atom stereocenters. The first-order chi connectivity index (χ1) is 9.04. The summed E-state index contributed by atoms with van der Waals surface area (Å²) in [4.78, 5) is 27.1. The summed E-state index contributed by atoms with van der Waals surface area (Å²) >= 11 is 0. The van der Waals surface area contributed by atoms with E-state index in [9.17, 15) is 14.7 Å². The summed E-state index contributed by atoms with van der Waals surface area (Å²) in [7, 11) is 1.82. The van der Waals surface area contributed by atoms with E-state index >= 15 is 0 Å². The van der Waals surface area contributed by atoms with Crippen molar-refractivity contribution in [1.29, 1.82) is 0 Å². The highest BCUT2D eigenvalue weighted by Crippen LogP contribution is 2.21. The van der Waals surface area contributed by atoms with Gasteiger partial charge in [0, 0.05) is 24.3 Å². The fourth-order valence-corrected chi connectivity index (χ4v) is 2.26. The minimum atomic E-state index is -0.505. The van der Waals surface area contributed by atoms with Crippen LogP contribution in [-0.4, -0.2) is 54.5 Å². The number of piperazine rings is 1. The lowest BCUT2D eigenvalue weighted by atomic mass is 10.1. The number of anilines is 1. The van der Waals surface area contributed by atoms with Gasteiger partial charge in [-0.2, -0.15) is 0 Å². The molecule has 102 valence electrons. The SMILES string of the molecule is CC(=O)c1cccc(N2CCN(C)C(CO)C2=O)c1. The molecule has 0 bridgehead atoms. The van der Waals surface area contributed by atoms with Gasteiger partial charge in [0.1, 0.15) is 6.04 Å². The second-order valence-electron chi connectivity index (χ2n) is 4.78. The molecule has 2 rings (SSSR count). The number of carbonyl (C=O) groups is 2. The topological polar surface area (TPSA) is 60.9 Å². The molecule has 1 N–H and O–H groups in total. The fraction of sp³-hybridized carbons (Fsp3) is 0.429. The van der Waals surface area contributed by atoms with Gasteiger partial charge in [-0.15, -0.1) is 0 Å². The molecule has 0 radical (unpaired) electrons. The number of nitrogens with zero attached hydrogens (tertiary/aromatic N) is 2. The van der Waals surface area contributed by atoms with Crippen LogP contribution in [0.25, 0.3) is 0 Å². The Kier molecular flexibility index (Phi) is 3.97. The molecule has 1 heterocycles. The second-order valence-corrected chi connectivity index (χ2v) is 4.78. The van der Waals surface area contributed by atoms with Crippen LogP contribution in [0.1, 0.15) is 17.3 Å². The lowest BCUT2D eigenvalue weighted by molar-refractivity contribution is -0.126. The van der Waals surface area contributed by atoms with E-state index in [1.54, 1.807) is 23.1 Å². The van der Waals surface area contributed by atoms with Crippen molar-refractivity contribution in [2.75, 3.05) is 31.6 Å². The molecule has 1 fully saturated rings. The van der Waals surface area contributed by atoms with Crippen molar-refractivity contribution in [3.8, 4) is 0 Å². The summed E-state index contributed by atoms with van der Waals surface area (Å²) in [6.45, 7) is 2.56. The summed E-state index contributed by atoms with van der Waals surface area (Å²) in [5.74, 6) is -0.154. The first-order valence-corrected chi connectivity index (χ1v) is 6.28. The van der Waals surface area contributed by atoms with E-state index < -0.39 is 6.04 Å². The van der Waals surface area contributed by atoms with E-state index in [1.807, 2.05) is 18.0 Å². The number of benzene rings is 1. The van der Waals surface area contributed by atoms with Crippen LogP contribution < -0.4 is 4.90 Å². The van der Waals surface area contributed by atoms with Gasteiger partial charge in [-0.05, 0) is 26.1 Å². The number of hydrogen-bond donors (Lipinski definition) is 1. The molecule has 1 aromatic rings. The Hall–Kier alpha value is -1.72. The lowest BCUT2D eigenvalue weighted by Crippen LogP contribution is -2.57. The number of amides is 1. The van der Waals surface area contributed by atoms with E-state index in [-0.39, 0.29) is 18.3 Å². The minimum Gasteiger partial charge on any atom is -0.394 e. The molecule has 1 aromatic carbocycles. The molecule has 0 spiro atoms. The molecule has 19 heavy (non-hydrogen) atoms. The maximum atomic E-state index is 12.3. The van der Waals surface area contributed by atoms with Crippen molar-refractivity contribution in [1.82, 2.24) is 4.90 Å². The summed E-state index contributed by atoms with van der Waals surface area (Å²) in [6.07, 6.45) is 0. The first-order valence-electron chi connectivity index (χ1n) is 6.28. The van der Waals surface area contributed by atoms with Crippen LogP contribution in [0.2, 0.25) is 0 Å². The maximum absolute atomic E-state index is 12.3. The zero-order valence-corrected chi connectivity index (χ0v) is 11.2. The van der Waals surface area contributed by atoms with Gasteiger partial charge < -0.3 is 10.0 Å². The number of ketones is 1. The van der Waals surface area contributed by atoms with E-state index in [4.69, 9.17) is 0 Å². The highest BCUT2D eigenvalue weighted by atomic mass is 16.3. The predicted molar refractivity (Wildman–Crippen MR) is 72.3 cm³/mol. The highest BCUT2D eigenvalue weighted by Gasteiger charge is 2.32. The number of aliphatic hydroxyl groups excluding tert-OH is 1. The molecule has 5 heteroatoms. The van der Waals surface area contributed by atoms with Gasteiger partial charge in [-0.1, -0.05) is 12.1 Å². The number of carbonyl (C=O) groups excluding carboxylic acids is 2. The Morgan fingerprint density at radius 1 is 1.42 bits per heavy atom. The predicted octanol–water partition coefficient (Wildman–Crippen LogP) is 0.528. The monoisotopic (exact) mass is 262 g/mol. The number of rotatable bonds is 3. The zero-order valence-electron chi connectivity index (χ0n) is 11.2. The van der Waals surface area contributed by atoms with E-state index in [2.05, 4.69) is 0 Å². The molecule has 0 aliphatic carbocycles. The van der Waals surface area contributed by atoms with Crippen molar-refractivity contribution in [3.63, 3.8) is 0 Å². The Morgan fingerprint density at radius 3 is 2.79 bits per heavy atom. The molecular weight excluding hydrogens is 244 g/mol. The van der Waals surface area contributed by atoms with Gasteiger partial charge >= 0.3 is 0 Å². The number of hydrogen-bond acceptors (Lipinski definition) is 4. The van der Waals surface area contributed by atoms with Gasteiger partial charge in [0.25, 0.3) is 0 Å². The molecule has 1 saturated heterocycles. The second kappa shape index (κ2) is 5.50. The van der Waals surface area contributed by atoms with Gasteiger partial charge in [0.15, 0.2) is 5.78 Å². The smallest absolute Gasteiger partial charge is 0.246 e. The van der Waals surface area contributed by atoms with E-state index in [0.29, 0.717) is 24.3 Å². The van der Waals surface area contributed by atoms with Crippen LogP contribution in [0.5, 0.6) is 0 Å². The third-order valence-electron chi connectivity index (χ3n) is 3.50. The fourth-order valence-electron chi connectivity index (χ4n) is 2.26. The molecule has 0 saturated carbocycles. The summed E-state index contributed by atoms with van der Waals surface area (Å²) in [5.41, 5.74) is 1.30. The van der Waals surface area contributed by atoms with Gasteiger partial charge in [-0.3, -0.25) is 14.5 Å². The normalized spacial score (nSPS) is 20.7. The van der Waals surface area contributed by atoms with Crippen LogP contribution in [0.4, 0.5) is 5.69 Å². The number of likely N-dealkylation sites (N-methyl/N-ethyl adjacent to an activating group) is 1. The van der Waals surface area contributed by atoms with Crippen LogP contribution in [0.3, 0.4) is 0 Å². The van der Waals surface area contributed by atoms with Crippen molar-refractivity contribution < 1.29 is 14.7 Å². The van der Waals surface area contributed by atoms with Gasteiger partial charge in [0.2, 0.25) is 5.91 Å². The lowest BCUT2D eigenvalue weighted by Gasteiger charge is -2.37. The number of aliphatic hydroxyl groups is 1. The highest BCUT2D eigenvalue weighted by molar-refractivity contribution is 6.00. The Morgan fingerprint density at radius 2 is 2.16 bits per heavy atom. The maximum Gasteiger partial charge on any atom is 0.246 e. The number of Topliss-reactive ketones (excluding diaryl/α,β-unsaturated/α-hetero) is 1. The molecule has 1 aliphatic heterocycles. The molecule has 5 nitrogen and oxygen atoms in total. The van der Waals surface area contributed by atoms with Crippen molar-refractivity contribution in [2.24, 2.45) is 0 Å². The Balaban J connectivity index is 2.29. The van der Waals surface area contributed by atoms with Crippen molar-refractivity contribution in [3.05, 3.63) is 29.8 Å². The average molecular weight is 262 g/mol. The van der Waals surface area contributed by atoms with Gasteiger partial charge in [0.05, 0.1) is 6.61 Å². The molecule has 1 amide bonds. The summed E-state index contributed by atoms with van der Waals surface area (Å²) < 4.78 is 0. The van der Waals surface area contributed by atoms with E-state index in [1.165, 1.54) is 6.92 Å². The Bertz CT molecular complexity index is 501. The quantitative estimate of drug-likeness (QED) is 0.807. The third-order valence-corrected chi connectivity index (χ3v) is 3.50. The largest absolute Gasteiger partial charge is 0.394 e. The Labute approximate surface area is 112 Å². The minimum absolute atomic E-state index is 0.0258. The molecule has 1 aliphatic rings. The summed E-state index contributed by atoms with van der Waals surface area (Å²) in [5, 5.41) is 9.30. The zero-order chi connectivity index (χ0) is 14.0. The average Bonchev–Trinajstić information content (AvgIpc) is 2.39. The van der Waals surface area contributed by atoms with Gasteiger partial charge in [-0.25, -0.2) is 0 Å². The standard InChI is InChI=1S/C14H18N2O3/c1-10(18)11-4-3-5-12(8-11)16-7-6-15(2)13(9-17)14(16)19/h3-5,8,13,17H,6-7,9H2,1-2H3. The van der Waals surface area contributed by atoms with Crippen molar-refractivity contribution in [2.45, 2.75) is 13.0 Å². The molecule has 0 aromatic heterocycles. The van der Waals surface area contributed by atoms with Crippen molar-refractivity contribution >= 4 is 17.4 Å². The molecule has 1 atom stereocenters. The summed E-state index contributed by atoms with van der Waals surface area (Å²) in [6, 6.07) is 6.53. The van der Waals surface area contributed by atoms with E-state index in [0.717, 1.165) is 0 Å². The van der Waals surface area contributed by atoms with Crippen LogP contribution in [0, 0.1) is 0 Å². The molecular formula is C14H18N2O3. The third kappa shape index (κ3) is 2.67. The van der Waals surface area contributed by atoms with Crippen LogP contribution in [0.15, 0.2) is 24.3 Å². The first kappa shape index (κ1) is 13.7. The van der Waals surface area contributed by atoms with Crippen LogP contribution in [-0.2, 0) is 4.79 Å². The van der Waals surface area contributed by atoms with Crippen LogP contribution >= 0.6 is 0 Å².